The topological polar surface area (TPSA) is 58.5 Å². The van der Waals surface area contributed by atoms with Gasteiger partial charge >= 0.3 is 0 Å². The van der Waals surface area contributed by atoms with E-state index in [2.05, 4.69) is 66.5 Å². The molecule has 6 heteroatoms. The van der Waals surface area contributed by atoms with Crippen LogP contribution in [-0.4, -0.2) is 37.2 Å². The van der Waals surface area contributed by atoms with Gasteiger partial charge in [-0.3, -0.25) is 4.99 Å². The number of ether oxygens (including phenoxy) is 1. The fraction of sp³-hybridized carbons (Fsp3) is 0.474. The number of benzene rings is 1. The first-order valence-corrected chi connectivity index (χ1v) is 9.53. The molecule has 0 bridgehead atoms. The maximum atomic E-state index is 5.82. The lowest BCUT2D eigenvalue weighted by Crippen LogP contribution is -2.39. The third-order valence-electron chi connectivity index (χ3n) is 3.47. The molecule has 0 fully saturated rings. The third-order valence-corrected chi connectivity index (χ3v) is 4.44. The van der Waals surface area contributed by atoms with Crippen LogP contribution in [0.3, 0.4) is 0 Å². The molecule has 0 aliphatic rings. The number of thiazole rings is 1. The Labute approximate surface area is 154 Å². The van der Waals surface area contributed by atoms with Crippen LogP contribution in [0, 0.1) is 20.8 Å². The second-order valence-corrected chi connectivity index (χ2v) is 7.29. The molecule has 0 aliphatic heterocycles. The maximum Gasteiger partial charge on any atom is 0.191 e. The first-order chi connectivity index (χ1) is 12.1. The summed E-state index contributed by atoms with van der Waals surface area (Å²) in [4.78, 5) is 10.2. The summed E-state index contributed by atoms with van der Waals surface area (Å²) in [6.45, 7) is 11.2. The van der Waals surface area contributed by atoms with Crippen LogP contribution in [0.1, 0.15) is 27.9 Å². The number of aromatic nitrogens is 1. The predicted molar refractivity (Wildman–Crippen MR) is 106 cm³/mol. The van der Waals surface area contributed by atoms with E-state index in [1.807, 2.05) is 6.20 Å². The minimum Gasteiger partial charge on any atom is -0.492 e. The zero-order valence-electron chi connectivity index (χ0n) is 15.6. The van der Waals surface area contributed by atoms with Crippen molar-refractivity contribution >= 4 is 17.3 Å². The number of aryl methyl sites for hydroxylation is 3. The van der Waals surface area contributed by atoms with Gasteiger partial charge in [-0.05, 0) is 51.0 Å². The number of aliphatic imine (C=N–C) groups is 1. The van der Waals surface area contributed by atoms with E-state index in [-0.39, 0.29) is 0 Å². The van der Waals surface area contributed by atoms with Crippen molar-refractivity contribution in [2.75, 3.05) is 26.2 Å². The first-order valence-electron chi connectivity index (χ1n) is 8.71. The molecule has 0 aliphatic carbocycles. The second kappa shape index (κ2) is 10.0. The highest BCUT2D eigenvalue weighted by Crippen LogP contribution is 2.15. The molecular weight excluding hydrogens is 332 g/mol. The van der Waals surface area contributed by atoms with Crippen molar-refractivity contribution in [1.29, 1.82) is 0 Å². The van der Waals surface area contributed by atoms with Crippen molar-refractivity contribution in [2.45, 2.75) is 34.1 Å². The van der Waals surface area contributed by atoms with Gasteiger partial charge in [-0.15, -0.1) is 11.3 Å². The van der Waals surface area contributed by atoms with Gasteiger partial charge in [0.2, 0.25) is 0 Å². The molecule has 5 nitrogen and oxygen atoms in total. The van der Waals surface area contributed by atoms with Gasteiger partial charge in [-0.1, -0.05) is 6.07 Å². The lowest BCUT2D eigenvalue weighted by atomic mass is 10.1. The highest BCUT2D eigenvalue weighted by Gasteiger charge is 2.01. The molecular formula is C19H28N4OS. The van der Waals surface area contributed by atoms with E-state index in [9.17, 15) is 0 Å². The van der Waals surface area contributed by atoms with Crippen LogP contribution >= 0.6 is 11.3 Å². The molecule has 2 N–H and O–H groups in total. The molecule has 136 valence electrons. The summed E-state index contributed by atoms with van der Waals surface area (Å²) < 4.78 is 5.82. The van der Waals surface area contributed by atoms with Crippen LogP contribution in [0.25, 0.3) is 0 Å². The molecule has 0 amide bonds. The van der Waals surface area contributed by atoms with Gasteiger partial charge in [0.15, 0.2) is 5.96 Å². The number of hydrogen-bond donors (Lipinski definition) is 2. The largest absolute Gasteiger partial charge is 0.492 e. The molecule has 2 aromatic rings. The summed E-state index contributed by atoms with van der Waals surface area (Å²) in [7, 11) is 0. The molecule has 0 radical (unpaired) electrons. The Bertz CT molecular complexity index is 676. The zero-order valence-corrected chi connectivity index (χ0v) is 16.4. The van der Waals surface area contributed by atoms with Crippen molar-refractivity contribution in [3.63, 3.8) is 0 Å². The maximum absolute atomic E-state index is 5.82. The molecule has 1 heterocycles. The number of hydrogen-bond acceptors (Lipinski definition) is 4. The average molecular weight is 361 g/mol. The monoisotopic (exact) mass is 360 g/mol. The summed E-state index contributed by atoms with van der Waals surface area (Å²) in [5, 5.41) is 7.70. The standard InChI is InChI=1S/C19H28N4OS/c1-5-20-19(21-7-6-18-23-13-16(4)25-18)22-8-9-24-17-11-14(2)10-15(3)12-17/h10-13H,5-9H2,1-4H3,(H2,20,21,22). The summed E-state index contributed by atoms with van der Waals surface area (Å²) in [5.41, 5.74) is 2.44. The van der Waals surface area contributed by atoms with E-state index in [0.717, 1.165) is 36.2 Å². The second-order valence-electron chi connectivity index (χ2n) is 5.97. The van der Waals surface area contributed by atoms with Crippen LogP contribution < -0.4 is 15.4 Å². The molecule has 0 atom stereocenters. The molecule has 1 aromatic heterocycles. The zero-order chi connectivity index (χ0) is 18.1. The Kier molecular flexibility index (Phi) is 7.73. The van der Waals surface area contributed by atoms with E-state index >= 15 is 0 Å². The van der Waals surface area contributed by atoms with Crippen LogP contribution in [-0.2, 0) is 6.42 Å². The van der Waals surface area contributed by atoms with E-state index in [0.29, 0.717) is 13.2 Å². The molecule has 25 heavy (non-hydrogen) atoms. The predicted octanol–water partition coefficient (Wildman–Crippen LogP) is 3.24. The van der Waals surface area contributed by atoms with Crippen molar-refractivity contribution < 1.29 is 4.74 Å². The Balaban J connectivity index is 1.75. The van der Waals surface area contributed by atoms with Gasteiger partial charge in [0.05, 0.1) is 11.6 Å². The van der Waals surface area contributed by atoms with Gasteiger partial charge in [0.1, 0.15) is 12.4 Å². The van der Waals surface area contributed by atoms with Gasteiger partial charge in [0, 0.05) is 30.6 Å². The Morgan fingerprint density at radius 2 is 1.92 bits per heavy atom. The van der Waals surface area contributed by atoms with Crippen molar-refractivity contribution in [3.8, 4) is 5.75 Å². The minimum absolute atomic E-state index is 0.596. The van der Waals surface area contributed by atoms with Crippen LogP contribution in [0.4, 0.5) is 0 Å². The minimum atomic E-state index is 0.596. The summed E-state index contributed by atoms with van der Waals surface area (Å²) in [5.74, 6) is 1.74. The molecule has 0 saturated heterocycles. The number of rotatable bonds is 8. The van der Waals surface area contributed by atoms with Gasteiger partial charge < -0.3 is 15.4 Å². The average Bonchev–Trinajstić information content (AvgIpc) is 2.96. The fourth-order valence-electron chi connectivity index (χ4n) is 2.48. The van der Waals surface area contributed by atoms with Gasteiger partial charge in [-0.25, -0.2) is 4.98 Å². The molecule has 0 saturated carbocycles. The SMILES string of the molecule is CCNC(=NCCc1ncc(C)s1)NCCOc1cc(C)cc(C)c1. The fourth-order valence-corrected chi connectivity index (χ4v) is 3.25. The van der Waals surface area contributed by atoms with Gasteiger partial charge in [-0.2, -0.15) is 0 Å². The number of guanidine groups is 1. The summed E-state index contributed by atoms with van der Waals surface area (Å²) >= 11 is 1.73. The van der Waals surface area contributed by atoms with E-state index in [4.69, 9.17) is 4.74 Å². The highest BCUT2D eigenvalue weighted by molar-refractivity contribution is 7.11. The molecule has 1 aromatic carbocycles. The van der Waals surface area contributed by atoms with E-state index in [1.165, 1.54) is 16.0 Å². The molecule has 0 spiro atoms. The van der Waals surface area contributed by atoms with Crippen LogP contribution in [0.5, 0.6) is 5.75 Å². The summed E-state index contributed by atoms with van der Waals surface area (Å²) in [6.07, 6.45) is 2.78. The molecule has 0 unspecified atom stereocenters. The molecule has 2 rings (SSSR count). The van der Waals surface area contributed by atoms with Crippen molar-refractivity contribution in [2.24, 2.45) is 4.99 Å². The van der Waals surface area contributed by atoms with Gasteiger partial charge in [0.25, 0.3) is 0 Å². The quantitative estimate of drug-likeness (QED) is 0.431. The highest BCUT2D eigenvalue weighted by atomic mass is 32.1. The first kappa shape index (κ1) is 19.2. The lowest BCUT2D eigenvalue weighted by molar-refractivity contribution is 0.321. The van der Waals surface area contributed by atoms with Crippen molar-refractivity contribution in [3.05, 3.63) is 45.4 Å². The normalized spacial score (nSPS) is 11.4. The smallest absolute Gasteiger partial charge is 0.191 e. The van der Waals surface area contributed by atoms with Crippen LogP contribution in [0.15, 0.2) is 29.4 Å². The lowest BCUT2D eigenvalue weighted by Gasteiger charge is -2.12. The van der Waals surface area contributed by atoms with E-state index in [1.54, 1.807) is 11.3 Å². The Morgan fingerprint density at radius 1 is 1.16 bits per heavy atom. The van der Waals surface area contributed by atoms with Crippen LogP contribution in [0.2, 0.25) is 0 Å². The van der Waals surface area contributed by atoms with Crippen molar-refractivity contribution in [1.82, 2.24) is 15.6 Å². The number of nitrogens with one attached hydrogen (secondary N) is 2. The number of nitrogens with zero attached hydrogens (tertiary/aromatic N) is 2. The Hall–Kier alpha value is -2.08. The van der Waals surface area contributed by atoms with E-state index < -0.39 is 0 Å². The Morgan fingerprint density at radius 3 is 2.56 bits per heavy atom. The third kappa shape index (κ3) is 7.13. The summed E-state index contributed by atoms with van der Waals surface area (Å²) in [6, 6.07) is 6.26.